The standard InChI is InChI=1S/C30H35ClN8O4/c1-18(28(41)35-25(15-40)24-4-3-5-26(34-24)38-10-8-37(2)9-11-38)39-14-20-7-6-19(12-22(20)29(39)42)27-23(31)13-32-30(36-27)33-21-16-43-17-21/h3-7,12-13,18,21,25,40H,8-11,14-17H2,1-2H3,(H,35,41)(H,32,33,36). The van der Waals surface area contributed by atoms with E-state index in [0.717, 1.165) is 37.6 Å². The van der Waals surface area contributed by atoms with E-state index in [0.29, 0.717) is 46.7 Å². The Kier molecular flexibility index (Phi) is 8.44. The fraction of sp³-hybridized carbons (Fsp3) is 0.433. The second-order valence-corrected chi connectivity index (χ2v) is 11.6. The first-order valence-corrected chi connectivity index (χ1v) is 14.8. The molecule has 226 valence electrons. The molecule has 0 saturated carbocycles. The maximum atomic E-state index is 13.5. The number of aliphatic hydroxyl groups is 1. The molecule has 3 aliphatic rings. The lowest BCUT2D eigenvalue weighted by Gasteiger charge is -2.33. The smallest absolute Gasteiger partial charge is 0.255 e. The van der Waals surface area contributed by atoms with Crippen molar-refractivity contribution >= 4 is 35.2 Å². The zero-order chi connectivity index (χ0) is 30.1. The molecule has 2 amide bonds. The van der Waals surface area contributed by atoms with Gasteiger partial charge in [0.05, 0.1) is 54.5 Å². The topological polar surface area (TPSA) is 136 Å². The number of anilines is 2. The van der Waals surface area contributed by atoms with E-state index in [1.54, 1.807) is 19.1 Å². The molecule has 0 radical (unpaired) electrons. The number of aliphatic hydroxyl groups excluding tert-OH is 1. The SMILES string of the molecule is CC(C(=O)NC(CO)c1cccc(N2CCN(C)CC2)n1)N1Cc2ccc(-c3nc(NC4COC4)ncc3Cl)cc2C1=O. The van der Waals surface area contributed by atoms with Crippen LogP contribution in [0.3, 0.4) is 0 Å². The first-order valence-electron chi connectivity index (χ1n) is 14.4. The van der Waals surface area contributed by atoms with Gasteiger partial charge in [-0.15, -0.1) is 0 Å². The van der Waals surface area contributed by atoms with Crippen molar-refractivity contribution in [1.29, 1.82) is 0 Å². The number of benzene rings is 1. The molecule has 0 aliphatic carbocycles. The van der Waals surface area contributed by atoms with Crippen LogP contribution in [0.1, 0.15) is 34.6 Å². The molecule has 3 N–H and O–H groups in total. The van der Waals surface area contributed by atoms with E-state index in [2.05, 4.69) is 37.4 Å². The number of aromatic nitrogens is 3. The quantitative estimate of drug-likeness (QED) is 0.332. The van der Waals surface area contributed by atoms with Crippen molar-refractivity contribution in [3.05, 3.63) is 64.4 Å². The van der Waals surface area contributed by atoms with Crippen LogP contribution in [-0.4, -0.2) is 107 Å². The number of carbonyl (C=O) groups excluding carboxylic acids is 2. The number of ether oxygens (including phenoxy) is 1. The van der Waals surface area contributed by atoms with Crippen molar-refractivity contribution in [1.82, 2.24) is 30.1 Å². The second-order valence-electron chi connectivity index (χ2n) is 11.2. The number of amides is 2. The zero-order valence-corrected chi connectivity index (χ0v) is 24.9. The van der Waals surface area contributed by atoms with Gasteiger partial charge in [0.15, 0.2) is 0 Å². The number of halogens is 1. The number of nitrogens with one attached hydrogen (secondary N) is 2. The first kappa shape index (κ1) is 29.2. The van der Waals surface area contributed by atoms with Gasteiger partial charge in [0, 0.05) is 43.9 Å². The summed E-state index contributed by atoms with van der Waals surface area (Å²) in [4.78, 5) is 46.5. The lowest BCUT2D eigenvalue weighted by atomic mass is 10.0. The minimum Gasteiger partial charge on any atom is -0.394 e. The van der Waals surface area contributed by atoms with Crippen molar-refractivity contribution in [3.8, 4) is 11.3 Å². The van der Waals surface area contributed by atoms with E-state index in [4.69, 9.17) is 21.3 Å². The fourth-order valence-corrected chi connectivity index (χ4v) is 5.62. The monoisotopic (exact) mass is 606 g/mol. The van der Waals surface area contributed by atoms with Crippen LogP contribution >= 0.6 is 11.6 Å². The van der Waals surface area contributed by atoms with Crippen LogP contribution in [0.2, 0.25) is 5.02 Å². The van der Waals surface area contributed by atoms with Crippen LogP contribution in [0.5, 0.6) is 0 Å². The molecule has 6 rings (SSSR count). The first-order chi connectivity index (χ1) is 20.8. The summed E-state index contributed by atoms with van der Waals surface area (Å²) >= 11 is 6.44. The molecule has 2 fully saturated rings. The van der Waals surface area contributed by atoms with Crippen LogP contribution in [0, 0.1) is 0 Å². The van der Waals surface area contributed by atoms with Gasteiger partial charge >= 0.3 is 0 Å². The number of hydrogen-bond acceptors (Lipinski definition) is 10. The van der Waals surface area contributed by atoms with Crippen molar-refractivity contribution in [2.45, 2.75) is 31.6 Å². The number of rotatable bonds is 9. The minimum atomic E-state index is -0.777. The van der Waals surface area contributed by atoms with Crippen LogP contribution in [-0.2, 0) is 16.1 Å². The van der Waals surface area contributed by atoms with E-state index in [1.807, 2.05) is 24.3 Å². The molecule has 2 unspecified atom stereocenters. The Morgan fingerprint density at radius 2 is 1.95 bits per heavy atom. The normalized spacial score (nSPS) is 18.7. The summed E-state index contributed by atoms with van der Waals surface area (Å²) in [5, 5.41) is 16.6. The third-order valence-electron chi connectivity index (χ3n) is 8.22. The Morgan fingerprint density at radius 3 is 2.67 bits per heavy atom. The van der Waals surface area contributed by atoms with Crippen molar-refractivity contribution in [3.63, 3.8) is 0 Å². The van der Waals surface area contributed by atoms with Gasteiger partial charge in [0.1, 0.15) is 11.9 Å². The highest BCUT2D eigenvalue weighted by Crippen LogP contribution is 2.32. The third kappa shape index (κ3) is 6.14. The van der Waals surface area contributed by atoms with Gasteiger partial charge in [-0.05, 0) is 37.7 Å². The Hall–Kier alpha value is -3.84. The van der Waals surface area contributed by atoms with Crippen LogP contribution in [0.25, 0.3) is 11.3 Å². The maximum absolute atomic E-state index is 13.5. The predicted octanol–water partition coefficient (Wildman–Crippen LogP) is 1.95. The maximum Gasteiger partial charge on any atom is 0.255 e. The average molecular weight is 607 g/mol. The van der Waals surface area contributed by atoms with Gasteiger partial charge < -0.3 is 35.2 Å². The fourth-order valence-electron chi connectivity index (χ4n) is 5.42. The molecule has 2 atom stereocenters. The summed E-state index contributed by atoms with van der Waals surface area (Å²) in [6.07, 6.45) is 1.53. The molecular formula is C30H35ClN8O4. The molecule has 0 bridgehead atoms. The molecule has 13 heteroatoms. The van der Waals surface area contributed by atoms with E-state index >= 15 is 0 Å². The second kappa shape index (κ2) is 12.4. The highest BCUT2D eigenvalue weighted by molar-refractivity contribution is 6.33. The molecule has 1 aromatic carbocycles. The lowest BCUT2D eigenvalue weighted by Crippen LogP contribution is -2.47. The predicted molar refractivity (Wildman–Crippen MR) is 162 cm³/mol. The molecule has 2 saturated heterocycles. The summed E-state index contributed by atoms with van der Waals surface area (Å²) in [6.45, 7) is 6.44. The summed E-state index contributed by atoms with van der Waals surface area (Å²) in [6, 6.07) is 9.78. The molecule has 0 spiro atoms. The summed E-state index contributed by atoms with van der Waals surface area (Å²) in [5.41, 5.74) is 3.06. The van der Waals surface area contributed by atoms with Gasteiger partial charge in [0.25, 0.3) is 5.91 Å². The van der Waals surface area contributed by atoms with E-state index in [1.165, 1.54) is 11.1 Å². The number of likely N-dealkylation sites (N-methyl/N-ethyl adjacent to an activating group) is 1. The van der Waals surface area contributed by atoms with E-state index < -0.39 is 12.1 Å². The molecule has 3 aromatic rings. The number of piperazine rings is 1. The highest BCUT2D eigenvalue weighted by Gasteiger charge is 2.35. The van der Waals surface area contributed by atoms with E-state index in [-0.39, 0.29) is 31.0 Å². The number of fused-ring (bicyclic) bond motifs is 1. The molecule has 3 aliphatic heterocycles. The largest absolute Gasteiger partial charge is 0.394 e. The molecule has 12 nitrogen and oxygen atoms in total. The molecular weight excluding hydrogens is 572 g/mol. The van der Waals surface area contributed by atoms with Crippen molar-refractivity contribution < 1.29 is 19.4 Å². The summed E-state index contributed by atoms with van der Waals surface area (Å²) in [5.74, 6) is 0.622. The Labute approximate surface area is 255 Å². The van der Waals surface area contributed by atoms with Gasteiger partial charge in [-0.2, -0.15) is 0 Å². The van der Waals surface area contributed by atoms with Gasteiger partial charge in [-0.25, -0.2) is 15.0 Å². The van der Waals surface area contributed by atoms with E-state index in [9.17, 15) is 14.7 Å². The highest BCUT2D eigenvalue weighted by atomic mass is 35.5. The van der Waals surface area contributed by atoms with Crippen molar-refractivity contribution in [2.24, 2.45) is 0 Å². The molecule has 5 heterocycles. The van der Waals surface area contributed by atoms with Crippen LogP contribution in [0.4, 0.5) is 11.8 Å². The van der Waals surface area contributed by atoms with Crippen LogP contribution < -0.4 is 15.5 Å². The summed E-state index contributed by atoms with van der Waals surface area (Å²) in [7, 11) is 2.09. The number of pyridine rings is 1. The number of carbonyl (C=O) groups is 2. The molecule has 2 aromatic heterocycles. The average Bonchev–Trinajstić information content (AvgIpc) is 3.33. The minimum absolute atomic E-state index is 0.152. The number of nitrogens with zero attached hydrogens (tertiary/aromatic N) is 6. The van der Waals surface area contributed by atoms with Gasteiger partial charge in [-0.3, -0.25) is 9.59 Å². The zero-order valence-electron chi connectivity index (χ0n) is 24.2. The van der Waals surface area contributed by atoms with Gasteiger partial charge in [0.2, 0.25) is 11.9 Å². The number of hydrogen-bond donors (Lipinski definition) is 3. The van der Waals surface area contributed by atoms with Crippen LogP contribution in [0.15, 0.2) is 42.6 Å². The lowest BCUT2D eigenvalue weighted by molar-refractivity contribution is -0.126. The Bertz CT molecular complexity index is 1510. The van der Waals surface area contributed by atoms with Gasteiger partial charge in [-0.1, -0.05) is 29.8 Å². The Morgan fingerprint density at radius 1 is 1.16 bits per heavy atom. The summed E-state index contributed by atoms with van der Waals surface area (Å²) < 4.78 is 5.20. The van der Waals surface area contributed by atoms with Crippen molar-refractivity contribution in [2.75, 3.05) is 63.3 Å². The molecule has 43 heavy (non-hydrogen) atoms. The third-order valence-corrected chi connectivity index (χ3v) is 8.49. The Balaban J connectivity index is 1.14.